The number of sulfonamides is 1. The maximum atomic E-state index is 12.6. The highest BCUT2D eigenvalue weighted by molar-refractivity contribution is 7.89. The van der Waals surface area contributed by atoms with E-state index in [2.05, 4.69) is 20.4 Å². The molecule has 0 bridgehead atoms. The monoisotopic (exact) mass is 485 g/mol. The van der Waals surface area contributed by atoms with Gasteiger partial charge < -0.3 is 14.6 Å². The molecule has 11 heteroatoms. The van der Waals surface area contributed by atoms with E-state index < -0.39 is 10.0 Å². The van der Waals surface area contributed by atoms with Gasteiger partial charge in [-0.2, -0.15) is 4.98 Å². The van der Waals surface area contributed by atoms with Gasteiger partial charge in [-0.1, -0.05) is 17.3 Å². The van der Waals surface area contributed by atoms with Gasteiger partial charge in [-0.05, 0) is 69.3 Å². The van der Waals surface area contributed by atoms with Crippen molar-refractivity contribution in [2.45, 2.75) is 31.2 Å². The Hall–Kier alpha value is -3.28. The molecule has 0 unspecified atom stereocenters. The number of carbonyl (C=O) groups excluding carboxylic acids is 1. The number of likely N-dealkylation sites (tertiary alicyclic amines) is 1. The summed E-state index contributed by atoms with van der Waals surface area (Å²) in [6.45, 7) is 4.41. The molecule has 1 fully saturated rings. The van der Waals surface area contributed by atoms with Crippen molar-refractivity contribution >= 4 is 21.6 Å². The highest BCUT2D eigenvalue weighted by Gasteiger charge is 2.26. The van der Waals surface area contributed by atoms with Crippen molar-refractivity contribution in [2.75, 3.05) is 25.0 Å². The number of rotatable bonds is 8. The van der Waals surface area contributed by atoms with E-state index >= 15 is 0 Å². The quantitative estimate of drug-likeness (QED) is 0.496. The van der Waals surface area contributed by atoms with Gasteiger partial charge in [0.15, 0.2) is 0 Å². The summed E-state index contributed by atoms with van der Waals surface area (Å²) in [7, 11) is -3.76. The van der Waals surface area contributed by atoms with Crippen LogP contribution in [0.25, 0.3) is 11.4 Å². The van der Waals surface area contributed by atoms with E-state index in [0.717, 1.165) is 18.7 Å². The number of nitrogens with two attached hydrogens (primary N) is 1. The van der Waals surface area contributed by atoms with E-state index in [0.29, 0.717) is 49.1 Å². The number of primary sulfonamides is 1. The maximum Gasteiger partial charge on any atom is 0.241 e. The Balaban J connectivity index is 1.29. The van der Waals surface area contributed by atoms with Crippen LogP contribution in [0.4, 0.5) is 5.69 Å². The number of aromatic nitrogens is 2. The SMILES string of the molecule is CCOc1ccccc1-c1noc(CN2CCC(C(=O)Nc3ccc(S(N)(=O)=O)cc3)CC2)n1. The smallest absolute Gasteiger partial charge is 0.241 e. The van der Waals surface area contributed by atoms with Crippen LogP contribution < -0.4 is 15.2 Å². The van der Waals surface area contributed by atoms with Crippen LogP contribution in [-0.2, 0) is 21.4 Å². The Morgan fingerprint density at radius 3 is 2.56 bits per heavy atom. The average molecular weight is 486 g/mol. The highest BCUT2D eigenvalue weighted by Crippen LogP contribution is 2.28. The first-order valence-electron chi connectivity index (χ1n) is 11.0. The minimum atomic E-state index is -3.76. The summed E-state index contributed by atoms with van der Waals surface area (Å²) in [6.07, 6.45) is 1.38. The van der Waals surface area contributed by atoms with Crippen LogP contribution in [0.3, 0.4) is 0 Å². The molecule has 1 amide bonds. The fraction of sp³-hybridized carbons (Fsp3) is 0.348. The molecule has 180 valence electrons. The van der Waals surface area contributed by atoms with E-state index in [1.165, 1.54) is 24.3 Å². The van der Waals surface area contributed by atoms with Gasteiger partial charge in [0, 0.05) is 11.6 Å². The van der Waals surface area contributed by atoms with E-state index in [9.17, 15) is 13.2 Å². The summed E-state index contributed by atoms with van der Waals surface area (Å²) in [4.78, 5) is 19.3. The number of carbonyl (C=O) groups is 1. The highest BCUT2D eigenvalue weighted by atomic mass is 32.2. The third-order valence-electron chi connectivity index (χ3n) is 5.66. The molecule has 2 aromatic carbocycles. The molecule has 1 aliphatic heterocycles. The summed E-state index contributed by atoms with van der Waals surface area (Å²) in [5, 5.41) is 12.1. The first-order chi connectivity index (χ1) is 16.3. The number of nitrogens with one attached hydrogen (secondary N) is 1. The number of hydrogen-bond donors (Lipinski definition) is 2. The Kier molecular flexibility index (Phi) is 7.25. The molecule has 0 spiro atoms. The van der Waals surface area contributed by atoms with Crippen molar-refractivity contribution in [3.63, 3.8) is 0 Å². The van der Waals surface area contributed by atoms with Crippen molar-refractivity contribution in [2.24, 2.45) is 11.1 Å². The van der Waals surface area contributed by atoms with E-state index in [1.807, 2.05) is 31.2 Å². The van der Waals surface area contributed by atoms with Gasteiger partial charge in [0.05, 0.1) is 23.6 Å². The third kappa shape index (κ3) is 5.79. The number of nitrogens with zero attached hydrogens (tertiary/aromatic N) is 3. The molecule has 0 saturated carbocycles. The first-order valence-corrected chi connectivity index (χ1v) is 12.6. The Bertz CT molecular complexity index is 1230. The minimum Gasteiger partial charge on any atom is -0.493 e. The molecule has 0 aliphatic carbocycles. The predicted molar refractivity (Wildman–Crippen MR) is 125 cm³/mol. The van der Waals surface area contributed by atoms with Crippen LogP contribution in [0.15, 0.2) is 57.9 Å². The van der Waals surface area contributed by atoms with Gasteiger partial charge in [0.1, 0.15) is 5.75 Å². The summed E-state index contributed by atoms with van der Waals surface area (Å²) >= 11 is 0. The molecule has 3 aromatic rings. The summed E-state index contributed by atoms with van der Waals surface area (Å²) in [5.41, 5.74) is 1.32. The fourth-order valence-electron chi connectivity index (χ4n) is 3.88. The number of para-hydroxylation sites is 1. The van der Waals surface area contributed by atoms with Gasteiger partial charge in [-0.3, -0.25) is 9.69 Å². The topological polar surface area (TPSA) is 141 Å². The molecule has 1 aliphatic rings. The van der Waals surface area contributed by atoms with E-state index in [1.54, 1.807) is 0 Å². The molecule has 0 radical (unpaired) electrons. The molecular weight excluding hydrogens is 458 g/mol. The molecular formula is C23H27N5O5S. The number of ether oxygens (including phenoxy) is 1. The minimum absolute atomic E-state index is 0.00404. The first kappa shape index (κ1) is 23.9. The summed E-state index contributed by atoms with van der Waals surface area (Å²) in [5.74, 6) is 1.49. The van der Waals surface area contributed by atoms with Crippen LogP contribution in [0, 0.1) is 5.92 Å². The molecule has 0 atom stereocenters. The van der Waals surface area contributed by atoms with Gasteiger partial charge in [-0.25, -0.2) is 13.6 Å². The molecule has 3 N–H and O–H groups in total. The molecule has 1 saturated heterocycles. The second-order valence-electron chi connectivity index (χ2n) is 8.05. The van der Waals surface area contributed by atoms with E-state index in [4.69, 9.17) is 14.4 Å². The van der Waals surface area contributed by atoms with Crippen molar-refractivity contribution in [3.05, 3.63) is 54.4 Å². The van der Waals surface area contributed by atoms with Crippen LogP contribution in [0.1, 0.15) is 25.7 Å². The predicted octanol–water partition coefficient (Wildman–Crippen LogP) is 2.63. The summed E-state index contributed by atoms with van der Waals surface area (Å²) < 4.78 is 33.8. The lowest BCUT2D eigenvalue weighted by Crippen LogP contribution is -2.37. The van der Waals surface area contributed by atoms with Crippen LogP contribution in [0.5, 0.6) is 5.75 Å². The third-order valence-corrected chi connectivity index (χ3v) is 6.59. The molecule has 34 heavy (non-hydrogen) atoms. The zero-order chi connectivity index (χ0) is 24.1. The lowest BCUT2D eigenvalue weighted by atomic mass is 9.96. The number of anilines is 1. The Morgan fingerprint density at radius 2 is 1.88 bits per heavy atom. The van der Waals surface area contributed by atoms with Crippen LogP contribution in [0.2, 0.25) is 0 Å². The van der Waals surface area contributed by atoms with Crippen molar-refractivity contribution in [1.29, 1.82) is 0 Å². The molecule has 4 rings (SSSR count). The lowest BCUT2D eigenvalue weighted by Gasteiger charge is -2.30. The molecule has 1 aromatic heterocycles. The standard InChI is InChI=1S/C23H27N5O5S/c1-2-32-20-6-4-3-5-19(20)22-26-21(33-27-22)15-28-13-11-16(12-14-28)23(29)25-17-7-9-18(10-8-17)34(24,30)31/h3-10,16H,2,11-15H2,1H3,(H,25,29)(H2,24,30,31). The number of hydrogen-bond acceptors (Lipinski definition) is 8. The van der Waals surface area contributed by atoms with Crippen molar-refractivity contribution in [3.8, 4) is 17.1 Å². The largest absolute Gasteiger partial charge is 0.493 e. The number of piperidine rings is 1. The maximum absolute atomic E-state index is 12.6. The van der Waals surface area contributed by atoms with Gasteiger partial charge in [-0.15, -0.1) is 0 Å². The zero-order valence-corrected chi connectivity index (χ0v) is 19.6. The normalized spacial score (nSPS) is 15.2. The van der Waals surface area contributed by atoms with Gasteiger partial charge >= 0.3 is 0 Å². The van der Waals surface area contributed by atoms with Gasteiger partial charge in [0.2, 0.25) is 27.6 Å². The fourth-order valence-corrected chi connectivity index (χ4v) is 4.39. The van der Waals surface area contributed by atoms with Crippen LogP contribution >= 0.6 is 0 Å². The van der Waals surface area contributed by atoms with Crippen LogP contribution in [-0.4, -0.2) is 49.1 Å². The molecule has 2 heterocycles. The van der Waals surface area contributed by atoms with Crippen molar-refractivity contribution < 1.29 is 22.5 Å². The van der Waals surface area contributed by atoms with E-state index in [-0.39, 0.29) is 16.7 Å². The van der Waals surface area contributed by atoms with Crippen molar-refractivity contribution in [1.82, 2.24) is 15.0 Å². The number of benzene rings is 2. The average Bonchev–Trinajstić information content (AvgIpc) is 3.28. The lowest BCUT2D eigenvalue weighted by molar-refractivity contribution is -0.121. The molecule has 10 nitrogen and oxygen atoms in total. The Labute approximate surface area is 198 Å². The summed E-state index contributed by atoms with van der Waals surface area (Å²) in [6, 6.07) is 13.4. The second kappa shape index (κ2) is 10.3. The number of amides is 1. The second-order valence-corrected chi connectivity index (χ2v) is 9.61. The zero-order valence-electron chi connectivity index (χ0n) is 18.8. The van der Waals surface area contributed by atoms with Gasteiger partial charge in [0.25, 0.3) is 0 Å². The Morgan fingerprint density at radius 1 is 1.18 bits per heavy atom.